The van der Waals surface area contributed by atoms with Gasteiger partial charge in [-0.2, -0.15) is 0 Å². The van der Waals surface area contributed by atoms with E-state index in [1.165, 1.54) is 0 Å². The summed E-state index contributed by atoms with van der Waals surface area (Å²) in [5, 5.41) is 2.91. The molecule has 1 aliphatic rings. The molecule has 2 atom stereocenters. The third-order valence-corrected chi connectivity index (χ3v) is 3.38. The molecule has 1 fully saturated rings. The van der Waals surface area contributed by atoms with Crippen LogP contribution in [0.25, 0.3) is 0 Å². The summed E-state index contributed by atoms with van der Waals surface area (Å²) in [6.45, 7) is 4.04. The minimum Gasteiger partial charge on any atom is -0.457 e. The molecule has 1 aliphatic heterocycles. The van der Waals surface area contributed by atoms with Gasteiger partial charge in [-0.05, 0) is 19.4 Å². The first-order valence-corrected chi connectivity index (χ1v) is 6.04. The first-order chi connectivity index (χ1) is 8.54. The third-order valence-electron chi connectivity index (χ3n) is 3.38. The molecule has 18 heavy (non-hydrogen) atoms. The highest BCUT2D eigenvalue weighted by molar-refractivity contribution is 6.06. The molecular formula is C14H17NO3. The Balaban J connectivity index is 2.06. The van der Waals surface area contributed by atoms with Gasteiger partial charge in [0.2, 0.25) is 0 Å². The van der Waals surface area contributed by atoms with Crippen molar-refractivity contribution in [2.75, 3.05) is 13.1 Å². The van der Waals surface area contributed by atoms with Crippen LogP contribution in [0.2, 0.25) is 0 Å². The minimum absolute atomic E-state index is 0.104. The lowest BCUT2D eigenvalue weighted by molar-refractivity contribution is -0.161. The van der Waals surface area contributed by atoms with Crippen molar-refractivity contribution >= 4 is 11.8 Å². The van der Waals surface area contributed by atoms with E-state index in [1.807, 2.05) is 37.3 Å². The average molecular weight is 247 g/mol. The molecule has 0 radical (unpaired) electrons. The van der Waals surface area contributed by atoms with Gasteiger partial charge in [-0.1, -0.05) is 30.3 Å². The van der Waals surface area contributed by atoms with Gasteiger partial charge in [0.15, 0.2) is 5.78 Å². The topological polar surface area (TPSA) is 55.4 Å². The van der Waals surface area contributed by atoms with Gasteiger partial charge < -0.3 is 10.1 Å². The van der Waals surface area contributed by atoms with Crippen LogP contribution in [0, 0.1) is 5.41 Å². The van der Waals surface area contributed by atoms with Crippen molar-refractivity contribution in [1.82, 2.24) is 5.32 Å². The maximum atomic E-state index is 12.1. The number of carbonyl (C=O) groups excluding carboxylic acids is 2. The maximum absolute atomic E-state index is 12.1. The Bertz CT molecular complexity index is 457. The molecule has 0 spiro atoms. The molecule has 1 N–H and O–H groups in total. The van der Waals surface area contributed by atoms with Crippen molar-refractivity contribution in [3.63, 3.8) is 0 Å². The largest absolute Gasteiger partial charge is 0.457 e. The van der Waals surface area contributed by atoms with Gasteiger partial charge in [-0.15, -0.1) is 0 Å². The smallest absolute Gasteiger partial charge is 0.321 e. The molecule has 1 aromatic carbocycles. The summed E-state index contributed by atoms with van der Waals surface area (Å²) >= 11 is 0. The van der Waals surface area contributed by atoms with Gasteiger partial charge in [-0.25, -0.2) is 0 Å². The van der Waals surface area contributed by atoms with E-state index in [2.05, 4.69) is 5.32 Å². The van der Waals surface area contributed by atoms with Crippen LogP contribution in [-0.2, 0) is 14.3 Å². The molecule has 2 rings (SSSR count). The highest BCUT2D eigenvalue weighted by Crippen LogP contribution is 2.26. The summed E-state index contributed by atoms with van der Waals surface area (Å²) in [6, 6.07) is 9.49. The van der Waals surface area contributed by atoms with Crippen molar-refractivity contribution in [3.8, 4) is 0 Å². The molecule has 0 aliphatic carbocycles. The van der Waals surface area contributed by atoms with E-state index in [4.69, 9.17) is 4.74 Å². The van der Waals surface area contributed by atoms with Gasteiger partial charge in [0.1, 0.15) is 11.5 Å². The molecule has 0 aromatic heterocycles. The molecule has 0 amide bonds. The van der Waals surface area contributed by atoms with Crippen LogP contribution in [-0.4, -0.2) is 24.8 Å². The summed E-state index contributed by atoms with van der Waals surface area (Å²) in [6.07, 6.45) is -0.344. The molecule has 1 heterocycles. The zero-order valence-corrected chi connectivity index (χ0v) is 10.6. The van der Waals surface area contributed by atoms with Crippen molar-refractivity contribution in [2.45, 2.75) is 20.0 Å². The van der Waals surface area contributed by atoms with Crippen molar-refractivity contribution in [1.29, 1.82) is 0 Å². The van der Waals surface area contributed by atoms with Crippen LogP contribution in [0.5, 0.6) is 0 Å². The SMILES string of the molecule is CC(OC(=O)C1(C)CNCC1=O)c1ccccc1. The van der Waals surface area contributed by atoms with E-state index in [0.717, 1.165) is 5.56 Å². The van der Waals surface area contributed by atoms with Crippen molar-refractivity contribution < 1.29 is 14.3 Å². The Hall–Kier alpha value is -1.68. The Labute approximate surface area is 106 Å². The fraction of sp³-hybridized carbons (Fsp3) is 0.429. The van der Waals surface area contributed by atoms with E-state index < -0.39 is 11.4 Å². The second kappa shape index (κ2) is 4.90. The highest BCUT2D eigenvalue weighted by atomic mass is 16.5. The first-order valence-electron chi connectivity index (χ1n) is 6.04. The van der Waals surface area contributed by atoms with Crippen molar-refractivity contribution in [2.24, 2.45) is 5.41 Å². The number of nitrogens with one attached hydrogen (secondary N) is 1. The average Bonchev–Trinajstić information content (AvgIpc) is 2.72. The molecule has 2 unspecified atom stereocenters. The number of hydrogen-bond donors (Lipinski definition) is 1. The van der Waals surface area contributed by atoms with Gasteiger partial charge in [-0.3, -0.25) is 9.59 Å². The van der Waals surface area contributed by atoms with Gasteiger partial charge in [0.25, 0.3) is 0 Å². The van der Waals surface area contributed by atoms with Gasteiger partial charge in [0, 0.05) is 6.54 Å². The van der Waals surface area contributed by atoms with E-state index in [1.54, 1.807) is 6.92 Å². The lowest BCUT2D eigenvalue weighted by Crippen LogP contribution is -2.38. The quantitative estimate of drug-likeness (QED) is 0.649. The fourth-order valence-electron chi connectivity index (χ4n) is 1.99. The molecule has 0 saturated carbocycles. The number of benzene rings is 1. The Morgan fingerprint density at radius 1 is 1.39 bits per heavy atom. The first kappa shape index (κ1) is 12.8. The van der Waals surface area contributed by atoms with Crippen molar-refractivity contribution in [3.05, 3.63) is 35.9 Å². The molecule has 4 nitrogen and oxygen atoms in total. The number of ketones is 1. The summed E-state index contributed by atoms with van der Waals surface area (Å²) in [4.78, 5) is 23.8. The lowest BCUT2D eigenvalue weighted by Gasteiger charge is -2.22. The maximum Gasteiger partial charge on any atom is 0.321 e. The van der Waals surface area contributed by atoms with E-state index in [-0.39, 0.29) is 18.4 Å². The fourth-order valence-corrected chi connectivity index (χ4v) is 1.99. The number of Topliss-reactive ketones (excluding diaryl/α,β-unsaturated/α-hetero) is 1. The Morgan fingerprint density at radius 3 is 2.61 bits per heavy atom. The third kappa shape index (κ3) is 2.29. The normalized spacial score (nSPS) is 24.9. The summed E-state index contributed by atoms with van der Waals surface area (Å²) in [5.74, 6) is -0.554. The predicted molar refractivity (Wildman–Crippen MR) is 66.9 cm³/mol. The molecule has 1 aromatic rings. The number of hydrogen-bond acceptors (Lipinski definition) is 4. The lowest BCUT2D eigenvalue weighted by atomic mass is 9.89. The number of ether oxygens (including phenoxy) is 1. The highest BCUT2D eigenvalue weighted by Gasteiger charge is 2.46. The summed E-state index contributed by atoms with van der Waals surface area (Å²) in [7, 11) is 0. The summed E-state index contributed by atoms with van der Waals surface area (Å²) < 4.78 is 5.39. The van der Waals surface area contributed by atoms with E-state index in [9.17, 15) is 9.59 Å². The zero-order valence-electron chi connectivity index (χ0n) is 10.6. The van der Waals surface area contributed by atoms with Crippen LogP contribution in [0.3, 0.4) is 0 Å². The minimum atomic E-state index is -1.04. The van der Waals surface area contributed by atoms with E-state index in [0.29, 0.717) is 6.54 Å². The van der Waals surface area contributed by atoms with Gasteiger partial charge in [0.05, 0.1) is 6.54 Å². The molecule has 4 heteroatoms. The second-order valence-electron chi connectivity index (χ2n) is 4.82. The standard InChI is InChI=1S/C14H17NO3/c1-10(11-6-4-3-5-7-11)18-13(17)14(2)9-15-8-12(14)16/h3-7,10,15H,8-9H2,1-2H3. The zero-order chi connectivity index (χ0) is 13.2. The number of rotatable bonds is 3. The summed E-state index contributed by atoms with van der Waals surface area (Å²) in [5.41, 5.74) is -0.115. The number of esters is 1. The Kier molecular flexibility index (Phi) is 3.48. The van der Waals surface area contributed by atoms with Crippen LogP contribution >= 0.6 is 0 Å². The van der Waals surface area contributed by atoms with Gasteiger partial charge >= 0.3 is 5.97 Å². The molecular weight excluding hydrogens is 230 g/mol. The molecule has 1 saturated heterocycles. The monoisotopic (exact) mass is 247 g/mol. The van der Waals surface area contributed by atoms with Crippen LogP contribution in [0.4, 0.5) is 0 Å². The predicted octanol–water partition coefficient (Wildman–Crippen LogP) is 1.47. The van der Waals surface area contributed by atoms with Crippen LogP contribution in [0.1, 0.15) is 25.5 Å². The molecule has 96 valence electrons. The second-order valence-corrected chi connectivity index (χ2v) is 4.82. The van der Waals surface area contributed by atoms with Crippen LogP contribution in [0.15, 0.2) is 30.3 Å². The molecule has 0 bridgehead atoms. The van der Waals surface area contributed by atoms with E-state index >= 15 is 0 Å². The Morgan fingerprint density at radius 2 is 2.06 bits per heavy atom. The van der Waals surface area contributed by atoms with Crippen LogP contribution < -0.4 is 5.32 Å². The number of carbonyl (C=O) groups is 2.